The molecule has 1 saturated heterocycles. The molecule has 3 N–H and O–H groups in total. The molecule has 0 aromatic carbocycles. The fourth-order valence-electron chi connectivity index (χ4n) is 3.68. The number of aromatic amines is 1. The maximum absolute atomic E-state index is 12.3. The molecular weight excluding hydrogens is 322 g/mol. The summed E-state index contributed by atoms with van der Waals surface area (Å²) in [5, 5.41) is 12.0. The number of carbonyl (C=O) groups is 2. The van der Waals surface area contributed by atoms with Crippen molar-refractivity contribution in [3.63, 3.8) is 0 Å². The van der Waals surface area contributed by atoms with Gasteiger partial charge in [0.25, 0.3) is 5.91 Å². The van der Waals surface area contributed by atoms with E-state index in [1.165, 1.54) is 18.9 Å². The molecule has 2 aliphatic rings. The standard InChI is InChI=1S/C18H25N3O4/c1-11-6-13(7-16(22)20-11)18(25)19-9-15-5-4-14(8-17(23)24)21(15)10-12-2-3-12/h6-7,12,14-15H,2-5,8-10H2,1H3,(H,19,25)(H,20,22)(H,23,24)/t14-,15+/m1/s1. The number of H-pyrrole nitrogens is 1. The van der Waals surface area contributed by atoms with E-state index in [0.717, 1.165) is 19.4 Å². The van der Waals surface area contributed by atoms with Crippen LogP contribution < -0.4 is 10.9 Å². The largest absolute Gasteiger partial charge is 0.481 e. The zero-order valence-corrected chi connectivity index (χ0v) is 14.5. The molecule has 1 saturated carbocycles. The Morgan fingerprint density at radius 3 is 2.60 bits per heavy atom. The van der Waals surface area contributed by atoms with Crippen molar-refractivity contribution in [2.45, 2.75) is 51.1 Å². The predicted molar refractivity (Wildman–Crippen MR) is 92.6 cm³/mol. The van der Waals surface area contributed by atoms with Crippen LogP contribution in [0.15, 0.2) is 16.9 Å². The summed E-state index contributed by atoms with van der Waals surface area (Å²) >= 11 is 0. The lowest BCUT2D eigenvalue weighted by Gasteiger charge is -2.29. The van der Waals surface area contributed by atoms with E-state index in [-0.39, 0.29) is 30.0 Å². The summed E-state index contributed by atoms with van der Waals surface area (Å²) in [7, 11) is 0. The quantitative estimate of drug-likeness (QED) is 0.686. The summed E-state index contributed by atoms with van der Waals surface area (Å²) < 4.78 is 0. The van der Waals surface area contributed by atoms with Gasteiger partial charge in [0, 0.05) is 42.5 Å². The summed E-state index contributed by atoms with van der Waals surface area (Å²) in [6.45, 7) is 3.14. The van der Waals surface area contributed by atoms with E-state index in [1.807, 2.05) is 0 Å². The number of hydrogen-bond acceptors (Lipinski definition) is 4. The number of hydrogen-bond donors (Lipinski definition) is 3. The Kier molecular flexibility index (Phi) is 5.22. The Morgan fingerprint density at radius 2 is 1.96 bits per heavy atom. The maximum atomic E-state index is 12.3. The molecule has 0 radical (unpaired) electrons. The zero-order chi connectivity index (χ0) is 18.0. The first-order valence-electron chi connectivity index (χ1n) is 8.89. The average molecular weight is 347 g/mol. The minimum Gasteiger partial charge on any atom is -0.481 e. The Bertz CT molecular complexity index is 711. The van der Waals surface area contributed by atoms with Gasteiger partial charge >= 0.3 is 5.97 Å². The minimum absolute atomic E-state index is 0.0572. The number of carboxylic acids is 1. The Morgan fingerprint density at radius 1 is 1.24 bits per heavy atom. The van der Waals surface area contributed by atoms with Gasteiger partial charge in [-0.1, -0.05) is 0 Å². The number of carboxylic acid groups (broad SMARTS) is 1. The molecule has 0 bridgehead atoms. The number of carbonyl (C=O) groups excluding carboxylic acids is 1. The van der Waals surface area contributed by atoms with Gasteiger partial charge in [0.15, 0.2) is 0 Å². The predicted octanol–water partition coefficient (Wildman–Crippen LogP) is 1.13. The van der Waals surface area contributed by atoms with Crippen molar-refractivity contribution in [1.29, 1.82) is 0 Å². The van der Waals surface area contributed by atoms with Crippen molar-refractivity contribution < 1.29 is 14.7 Å². The fraction of sp³-hybridized carbons (Fsp3) is 0.611. The van der Waals surface area contributed by atoms with Gasteiger partial charge in [0.1, 0.15) is 0 Å². The highest BCUT2D eigenvalue weighted by atomic mass is 16.4. The van der Waals surface area contributed by atoms with E-state index >= 15 is 0 Å². The van der Waals surface area contributed by atoms with Gasteiger partial charge in [-0.15, -0.1) is 0 Å². The van der Waals surface area contributed by atoms with Crippen LogP contribution in [0.2, 0.25) is 0 Å². The van der Waals surface area contributed by atoms with Gasteiger partial charge in [-0.2, -0.15) is 0 Å². The number of amides is 1. The highest BCUT2D eigenvalue weighted by molar-refractivity contribution is 5.94. The number of pyridine rings is 1. The molecule has 1 aromatic heterocycles. The Labute approximate surface area is 146 Å². The van der Waals surface area contributed by atoms with Crippen LogP contribution in [0, 0.1) is 12.8 Å². The normalized spacial score (nSPS) is 23.6. The average Bonchev–Trinajstić information content (AvgIpc) is 3.27. The molecule has 25 heavy (non-hydrogen) atoms. The molecule has 0 spiro atoms. The van der Waals surface area contributed by atoms with Crippen molar-refractivity contribution in [1.82, 2.24) is 15.2 Å². The van der Waals surface area contributed by atoms with Gasteiger partial charge in [-0.05, 0) is 44.6 Å². The molecule has 1 amide bonds. The summed E-state index contributed by atoms with van der Waals surface area (Å²) in [6.07, 6.45) is 4.32. The first-order chi connectivity index (χ1) is 11.9. The highest BCUT2D eigenvalue weighted by Crippen LogP contribution is 2.35. The van der Waals surface area contributed by atoms with Crippen LogP contribution in [-0.4, -0.2) is 52.0 Å². The van der Waals surface area contributed by atoms with Gasteiger partial charge in [-0.3, -0.25) is 19.3 Å². The lowest BCUT2D eigenvalue weighted by molar-refractivity contribution is -0.138. The third kappa shape index (κ3) is 4.69. The number of aliphatic carboxylic acids is 1. The highest BCUT2D eigenvalue weighted by Gasteiger charge is 2.38. The Balaban J connectivity index is 1.61. The molecule has 1 aliphatic carbocycles. The van der Waals surface area contributed by atoms with E-state index in [4.69, 9.17) is 5.11 Å². The number of aromatic nitrogens is 1. The Hall–Kier alpha value is -2.15. The first kappa shape index (κ1) is 17.7. The minimum atomic E-state index is -0.769. The van der Waals surface area contributed by atoms with Gasteiger partial charge in [-0.25, -0.2) is 0 Å². The van der Waals surface area contributed by atoms with Gasteiger partial charge < -0.3 is 15.4 Å². The van der Waals surface area contributed by atoms with Gasteiger partial charge in [0.05, 0.1) is 6.42 Å². The summed E-state index contributed by atoms with van der Waals surface area (Å²) in [6, 6.07) is 3.17. The van der Waals surface area contributed by atoms with Crippen molar-refractivity contribution >= 4 is 11.9 Å². The topological polar surface area (TPSA) is 102 Å². The van der Waals surface area contributed by atoms with E-state index < -0.39 is 5.97 Å². The lowest BCUT2D eigenvalue weighted by atomic mass is 10.1. The van der Waals surface area contributed by atoms with E-state index in [1.54, 1.807) is 13.0 Å². The second kappa shape index (κ2) is 7.39. The van der Waals surface area contributed by atoms with E-state index in [2.05, 4.69) is 15.2 Å². The lowest BCUT2D eigenvalue weighted by Crippen LogP contribution is -2.44. The van der Waals surface area contributed by atoms with Crippen molar-refractivity contribution in [2.24, 2.45) is 5.92 Å². The number of nitrogens with zero attached hydrogens (tertiary/aromatic N) is 1. The molecule has 136 valence electrons. The molecule has 1 aromatic rings. The van der Waals surface area contributed by atoms with Crippen LogP contribution in [0.4, 0.5) is 0 Å². The molecule has 0 unspecified atom stereocenters. The molecular formula is C18H25N3O4. The summed E-state index contributed by atoms with van der Waals surface area (Å²) in [4.78, 5) is 39.8. The smallest absolute Gasteiger partial charge is 0.304 e. The number of likely N-dealkylation sites (tertiary alicyclic amines) is 1. The third-order valence-electron chi connectivity index (χ3n) is 5.09. The van der Waals surface area contributed by atoms with Crippen LogP contribution in [-0.2, 0) is 4.79 Å². The molecule has 1 aliphatic heterocycles. The van der Waals surface area contributed by atoms with Gasteiger partial charge in [0.2, 0.25) is 5.56 Å². The number of rotatable bonds is 7. The molecule has 7 nitrogen and oxygen atoms in total. The summed E-state index contributed by atoms with van der Waals surface area (Å²) in [5.41, 5.74) is 0.716. The van der Waals surface area contributed by atoms with Crippen molar-refractivity contribution in [3.8, 4) is 0 Å². The van der Waals surface area contributed by atoms with Crippen LogP contribution in [0.25, 0.3) is 0 Å². The molecule has 3 rings (SSSR count). The number of nitrogens with one attached hydrogen (secondary N) is 2. The van der Waals surface area contributed by atoms with Crippen LogP contribution in [0.1, 0.15) is 48.2 Å². The van der Waals surface area contributed by atoms with E-state index in [9.17, 15) is 14.4 Å². The monoisotopic (exact) mass is 347 g/mol. The zero-order valence-electron chi connectivity index (χ0n) is 14.5. The van der Waals surface area contributed by atoms with Crippen LogP contribution in [0.3, 0.4) is 0 Å². The van der Waals surface area contributed by atoms with Crippen LogP contribution in [0.5, 0.6) is 0 Å². The SMILES string of the molecule is Cc1cc(C(=O)NC[C@@H]2CC[C@H](CC(=O)O)N2CC2CC2)cc(=O)[nH]1. The maximum Gasteiger partial charge on any atom is 0.304 e. The van der Waals surface area contributed by atoms with Crippen LogP contribution >= 0.6 is 0 Å². The summed E-state index contributed by atoms with van der Waals surface area (Å²) in [5.74, 6) is -0.361. The van der Waals surface area contributed by atoms with Crippen molar-refractivity contribution in [3.05, 3.63) is 33.7 Å². The second-order valence-electron chi connectivity index (χ2n) is 7.25. The molecule has 2 fully saturated rings. The second-order valence-corrected chi connectivity index (χ2v) is 7.25. The fourth-order valence-corrected chi connectivity index (χ4v) is 3.68. The first-order valence-corrected chi connectivity index (χ1v) is 8.89. The molecule has 2 heterocycles. The van der Waals surface area contributed by atoms with E-state index in [0.29, 0.717) is 23.7 Å². The number of aryl methyl sites for hydroxylation is 1. The third-order valence-corrected chi connectivity index (χ3v) is 5.09. The molecule has 2 atom stereocenters. The molecule has 7 heteroatoms. The van der Waals surface area contributed by atoms with Crippen molar-refractivity contribution in [2.75, 3.05) is 13.1 Å².